The Morgan fingerprint density at radius 2 is 2.16 bits per heavy atom. The van der Waals surface area contributed by atoms with Gasteiger partial charge in [0, 0.05) is 29.8 Å². The minimum atomic E-state index is -0.104. The van der Waals surface area contributed by atoms with Gasteiger partial charge >= 0.3 is 0 Å². The average molecular weight is 278 g/mol. The zero-order chi connectivity index (χ0) is 13.7. The van der Waals surface area contributed by atoms with Crippen molar-refractivity contribution in [3.05, 3.63) is 53.9 Å². The predicted octanol–water partition coefficient (Wildman–Crippen LogP) is 4.22. The molecule has 0 bridgehead atoms. The predicted molar refractivity (Wildman–Crippen MR) is 78.9 cm³/mol. The van der Waals surface area contributed by atoms with E-state index in [0.717, 1.165) is 30.1 Å². The summed E-state index contributed by atoms with van der Waals surface area (Å²) in [6.07, 6.45) is 4.89. The third kappa shape index (κ3) is 3.83. The molecule has 0 N–H and O–H groups in total. The summed E-state index contributed by atoms with van der Waals surface area (Å²) in [4.78, 5) is 4.20. The number of imidazole rings is 1. The van der Waals surface area contributed by atoms with Gasteiger partial charge in [0.05, 0.1) is 0 Å². The monoisotopic (exact) mass is 278 g/mol. The molecule has 2 rings (SSSR count). The molecule has 0 fully saturated rings. The minimum Gasteiger partial charge on any atom is -0.335 e. The topological polar surface area (TPSA) is 17.8 Å². The van der Waals surface area contributed by atoms with E-state index in [4.69, 9.17) is 0 Å². The summed E-state index contributed by atoms with van der Waals surface area (Å²) in [7, 11) is 0. The third-order valence-electron chi connectivity index (χ3n) is 3.18. The van der Waals surface area contributed by atoms with Crippen LogP contribution in [-0.2, 0) is 6.54 Å². The fraction of sp³-hybridized carbons (Fsp3) is 0.400. The van der Waals surface area contributed by atoms with Crippen LogP contribution in [0.1, 0.15) is 30.0 Å². The lowest BCUT2D eigenvalue weighted by molar-refractivity contribution is 0.610. The van der Waals surface area contributed by atoms with E-state index in [2.05, 4.69) is 16.5 Å². The molecule has 1 aromatic carbocycles. The van der Waals surface area contributed by atoms with Gasteiger partial charge in [-0.3, -0.25) is 0 Å². The maximum atomic E-state index is 13.6. The van der Waals surface area contributed by atoms with Gasteiger partial charge < -0.3 is 4.57 Å². The molecule has 0 radical (unpaired) electrons. The van der Waals surface area contributed by atoms with Crippen molar-refractivity contribution in [1.82, 2.24) is 9.55 Å². The molecule has 4 heteroatoms. The molecule has 1 heterocycles. The van der Waals surface area contributed by atoms with Crippen LogP contribution in [0.5, 0.6) is 0 Å². The van der Waals surface area contributed by atoms with Crippen LogP contribution >= 0.6 is 11.8 Å². The zero-order valence-corrected chi connectivity index (χ0v) is 12.2. The molecule has 0 unspecified atom stereocenters. The van der Waals surface area contributed by atoms with Gasteiger partial charge in [-0.05, 0) is 32.1 Å². The van der Waals surface area contributed by atoms with E-state index < -0.39 is 0 Å². The van der Waals surface area contributed by atoms with Crippen LogP contribution in [0.2, 0.25) is 0 Å². The molecule has 0 aliphatic carbocycles. The number of nitrogens with zero attached hydrogens (tertiary/aromatic N) is 2. The Hall–Kier alpha value is -1.29. The highest BCUT2D eigenvalue weighted by Gasteiger charge is 2.10. The van der Waals surface area contributed by atoms with Crippen LogP contribution in [0.3, 0.4) is 0 Å². The molecule has 0 saturated carbocycles. The Labute approximate surface area is 118 Å². The second-order valence-corrected chi connectivity index (χ2v) is 6.00. The molecule has 0 aliphatic rings. The number of hydrogen-bond donors (Lipinski definition) is 0. The molecule has 0 spiro atoms. The van der Waals surface area contributed by atoms with Gasteiger partial charge in [0.25, 0.3) is 0 Å². The van der Waals surface area contributed by atoms with E-state index in [1.54, 1.807) is 17.8 Å². The van der Waals surface area contributed by atoms with Crippen molar-refractivity contribution in [2.75, 3.05) is 5.75 Å². The normalized spacial score (nSPS) is 12.6. The van der Waals surface area contributed by atoms with Gasteiger partial charge in [-0.2, -0.15) is 11.8 Å². The van der Waals surface area contributed by atoms with Crippen LogP contribution < -0.4 is 0 Å². The van der Waals surface area contributed by atoms with Crippen molar-refractivity contribution in [3.8, 4) is 0 Å². The van der Waals surface area contributed by atoms with E-state index in [0.29, 0.717) is 0 Å². The fourth-order valence-corrected chi connectivity index (χ4v) is 3.05. The van der Waals surface area contributed by atoms with E-state index in [9.17, 15) is 4.39 Å². The van der Waals surface area contributed by atoms with Crippen LogP contribution in [0.25, 0.3) is 0 Å². The zero-order valence-electron chi connectivity index (χ0n) is 11.3. The first-order chi connectivity index (χ1) is 9.18. The summed E-state index contributed by atoms with van der Waals surface area (Å²) >= 11 is 1.80. The molecule has 0 amide bonds. The number of halogens is 1. The van der Waals surface area contributed by atoms with Gasteiger partial charge in [0.1, 0.15) is 11.6 Å². The van der Waals surface area contributed by atoms with Crippen molar-refractivity contribution in [2.45, 2.75) is 32.1 Å². The molecular weight excluding hydrogens is 259 g/mol. The number of hydrogen-bond acceptors (Lipinski definition) is 2. The average Bonchev–Trinajstić information content (AvgIpc) is 2.80. The summed E-state index contributed by atoms with van der Waals surface area (Å²) in [5, 5.41) is 0.199. The van der Waals surface area contributed by atoms with Gasteiger partial charge in [0.2, 0.25) is 0 Å². The molecule has 19 heavy (non-hydrogen) atoms. The van der Waals surface area contributed by atoms with Gasteiger partial charge in [-0.1, -0.05) is 18.2 Å². The van der Waals surface area contributed by atoms with E-state index in [-0.39, 0.29) is 11.1 Å². The fourth-order valence-electron chi connectivity index (χ4n) is 2.03. The molecule has 102 valence electrons. The van der Waals surface area contributed by atoms with Crippen molar-refractivity contribution < 1.29 is 4.39 Å². The standard InChI is InChI=1S/C15H19FN2S/c1-12(14-6-3-4-7-15(14)16)19-11-5-9-18-10-8-17-13(18)2/h3-4,6-8,10,12H,5,9,11H2,1-2H3/t12-/m0/s1. The Balaban J connectivity index is 1.77. The number of aryl methyl sites for hydroxylation is 2. The lowest BCUT2D eigenvalue weighted by atomic mass is 10.1. The van der Waals surface area contributed by atoms with E-state index >= 15 is 0 Å². The summed E-state index contributed by atoms with van der Waals surface area (Å²) in [6, 6.07) is 7.02. The molecular formula is C15H19FN2S. The highest BCUT2D eigenvalue weighted by Crippen LogP contribution is 2.30. The van der Waals surface area contributed by atoms with Crippen molar-refractivity contribution >= 4 is 11.8 Å². The second-order valence-electron chi connectivity index (χ2n) is 4.56. The van der Waals surface area contributed by atoms with Crippen molar-refractivity contribution in [3.63, 3.8) is 0 Å². The SMILES string of the molecule is Cc1nccn1CCCS[C@@H](C)c1ccccc1F. The Kier molecular flexibility index (Phi) is 5.02. The maximum absolute atomic E-state index is 13.6. The summed E-state index contributed by atoms with van der Waals surface area (Å²) < 4.78 is 15.7. The quantitative estimate of drug-likeness (QED) is 0.736. The molecule has 1 atom stereocenters. The van der Waals surface area contributed by atoms with Gasteiger partial charge in [-0.15, -0.1) is 0 Å². The Morgan fingerprint density at radius 1 is 1.37 bits per heavy atom. The molecule has 0 saturated heterocycles. The Bertz CT molecular complexity index is 524. The van der Waals surface area contributed by atoms with Crippen molar-refractivity contribution in [1.29, 1.82) is 0 Å². The second kappa shape index (κ2) is 6.75. The van der Waals surface area contributed by atoms with Crippen LogP contribution in [0, 0.1) is 12.7 Å². The molecule has 0 aliphatic heterocycles. The summed E-state index contributed by atoms with van der Waals surface area (Å²) in [5.74, 6) is 1.97. The maximum Gasteiger partial charge on any atom is 0.127 e. The number of aromatic nitrogens is 2. The minimum absolute atomic E-state index is 0.104. The van der Waals surface area contributed by atoms with Crippen LogP contribution in [0.15, 0.2) is 36.7 Å². The van der Waals surface area contributed by atoms with Gasteiger partial charge in [-0.25, -0.2) is 9.37 Å². The molecule has 1 aromatic heterocycles. The molecule has 2 nitrogen and oxygen atoms in total. The first-order valence-electron chi connectivity index (χ1n) is 6.52. The lowest BCUT2D eigenvalue weighted by Crippen LogP contribution is -2.01. The first-order valence-corrected chi connectivity index (χ1v) is 7.57. The van der Waals surface area contributed by atoms with E-state index in [1.165, 1.54) is 6.07 Å². The largest absolute Gasteiger partial charge is 0.335 e. The Morgan fingerprint density at radius 3 is 2.84 bits per heavy atom. The third-order valence-corrected chi connectivity index (χ3v) is 4.46. The molecule has 2 aromatic rings. The number of benzene rings is 1. The summed E-state index contributed by atoms with van der Waals surface area (Å²) in [6.45, 7) is 5.05. The first kappa shape index (κ1) is 14.1. The van der Waals surface area contributed by atoms with Crippen LogP contribution in [0.4, 0.5) is 4.39 Å². The highest BCUT2D eigenvalue weighted by atomic mass is 32.2. The summed E-state index contributed by atoms with van der Waals surface area (Å²) in [5.41, 5.74) is 0.798. The highest BCUT2D eigenvalue weighted by molar-refractivity contribution is 7.99. The van der Waals surface area contributed by atoms with Crippen LogP contribution in [-0.4, -0.2) is 15.3 Å². The van der Waals surface area contributed by atoms with Gasteiger partial charge in [0.15, 0.2) is 0 Å². The smallest absolute Gasteiger partial charge is 0.127 e. The van der Waals surface area contributed by atoms with Crippen molar-refractivity contribution in [2.24, 2.45) is 0 Å². The van der Waals surface area contributed by atoms with E-state index in [1.807, 2.05) is 31.5 Å². The number of rotatable bonds is 6. The number of thioether (sulfide) groups is 1. The lowest BCUT2D eigenvalue weighted by Gasteiger charge is -2.12.